The number of carbonyl (C=O) groups is 1. The number of rotatable bonds is 1. The van der Waals surface area contributed by atoms with Gasteiger partial charge in [-0.1, -0.05) is 30.3 Å². The van der Waals surface area contributed by atoms with E-state index in [0.717, 1.165) is 30.0 Å². The van der Waals surface area contributed by atoms with Crippen molar-refractivity contribution in [2.24, 2.45) is 0 Å². The quantitative estimate of drug-likeness (QED) is 0.698. The molecule has 0 aromatic heterocycles. The second-order valence-electron chi connectivity index (χ2n) is 3.64. The molecule has 0 fully saturated rings. The highest BCUT2D eigenvalue weighted by Gasteiger charge is 1.94. The topological polar surface area (TPSA) is 87.0 Å². The Labute approximate surface area is 117 Å². The van der Waals surface area contributed by atoms with Crippen LogP contribution < -0.4 is 0 Å². The minimum Gasteiger partial charge on any atom is -0.508 e. The summed E-state index contributed by atoms with van der Waals surface area (Å²) < 4.78 is 4.25. The van der Waals surface area contributed by atoms with Crippen molar-refractivity contribution in [3.63, 3.8) is 0 Å². The van der Waals surface area contributed by atoms with Crippen molar-refractivity contribution >= 4 is 6.29 Å². The van der Waals surface area contributed by atoms with Crippen LogP contribution in [0.3, 0.4) is 0 Å². The molecule has 0 heterocycles. The van der Waals surface area contributed by atoms with E-state index < -0.39 is 0 Å². The number of phenolic OH excluding ortho intramolecular Hbond substituents is 3. The summed E-state index contributed by atoms with van der Waals surface area (Å²) >= 11 is 0. The van der Waals surface area contributed by atoms with Gasteiger partial charge in [0.1, 0.15) is 23.5 Å². The van der Waals surface area contributed by atoms with Gasteiger partial charge in [-0.25, -0.2) is 0 Å². The lowest BCUT2D eigenvalue weighted by Gasteiger charge is -1.94. The van der Waals surface area contributed by atoms with E-state index in [0.29, 0.717) is 0 Å². The predicted molar refractivity (Wildman–Crippen MR) is 76.2 cm³/mol. The van der Waals surface area contributed by atoms with Crippen molar-refractivity contribution in [2.45, 2.75) is 0 Å². The number of aldehydes is 1. The fourth-order valence-corrected chi connectivity index (χ4v) is 1.11. The van der Waals surface area contributed by atoms with E-state index in [1.54, 1.807) is 26.4 Å². The molecule has 20 heavy (non-hydrogen) atoms. The lowest BCUT2D eigenvalue weighted by Crippen LogP contribution is -1.73. The molecule has 0 amide bonds. The maximum atomic E-state index is 10.0. The van der Waals surface area contributed by atoms with Gasteiger partial charge >= 0.3 is 0 Å². The minimum atomic E-state index is -0.146. The monoisotopic (exact) mass is 278 g/mol. The van der Waals surface area contributed by atoms with Crippen molar-refractivity contribution in [2.75, 3.05) is 14.2 Å². The fourth-order valence-electron chi connectivity index (χ4n) is 1.11. The molecule has 2 aromatic rings. The second-order valence-corrected chi connectivity index (χ2v) is 3.64. The Hall–Kier alpha value is -2.53. The number of carbonyl (C=O) groups excluding carboxylic acids is 1. The Kier molecular flexibility index (Phi) is 9.08. The van der Waals surface area contributed by atoms with Crippen LogP contribution in [-0.4, -0.2) is 35.8 Å². The SMILES string of the molecule is COC.O=Cc1ccccc1.Oc1cc(O)cc(O)c1. The molecular weight excluding hydrogens is 260 g/mol. The number of hydrogen-bond acceptors (Lipinski definition) is 5. The number of ether oxygens (including phenoxy) is 1. The lowest BCUT2D eigenvalue weighted by molar-refractivity contribution is 0.112. The molecule has 0 radical (unpaired) electrons. The highest BCUT2D eigenvalue weighted by Crippen LogP contribution is 2.23. The van der Waals surface area contributed by atoms with E-state index in [-0.39, 0.29) is 17.2 Å². The Balaban J connectivity index is 0.000000304. The van der Waals surface area contributed by atoms with Crippen LogP contribution in [0.15, 0.2) is 48.5 Å². The summed E-state index contributed by atoms with van der Waals surface area (Å²) in [6, 6.07) is 12.5. The zero-order valence-corrected chi connectivity index (χ0v) is 11.4. The van der Waals surface area contributed by atoms with E-state index in [2.05, 4.69) is 4.74 Å². The number of aromatic hydroxyl groups is 3. The predicted octanol–water partition coefficient (Wildman–Crippen LogP) is 2.57. The van der Waals surface area contributed by atoms with Crippen LogP contribution in [0.2, 0.25) is 0 Å². The smallest absolute Gasteiger partial charge is 0.150 e. The van der Waals surface area contributed by atoms with Crippen molar-refractivity contribution in [3.05, 3.63) is 54.1 Å². The van der Waals surface area contributed by atoms with Gasteiger partial charge in [0, 0.05) is 38.0 Å². The molecular formula is C15H18O5. The van der Waals surface area contributed by atoms with Gasteiger partial charge in [0.15, 0.2) is 0 Å². The van der Waals surface area contributed by atoms with E-state index in [9.17, 15) is 4.79 Å². The number of hydrogen-bond donors (Lipinski definition) is 3. The van der Waals surface area contributed by atoms with E-state index in [4.69, 9.17) is 15.3 Å². The first-order chi connectivity index (χ1) is 9.53. The maximum absolute atomic E-state index is 10.0. The molecule has 0 aliphatic carbocycles. The molecule has 3 N–H and O–H groups in total. The van der Waals surface area contributed by atoms with Crippen LogP contribution in [0, 0.1) is 0 Å². The Morgan fingerprint density at radius 1 is 0.850 bits per heavy atom. The number of benzene rings is 2. The van der Waals surface area contributed by atoms with Crippen molar-refractivity contribution in [1.82, 2.24) is 0 Å². The van der Waals surface area contributed by atoms with Gasteiger partial charge in [-0.2, -0.15) is 0 Å². The van der Waals surface area contributed by atoms with Crippen LogP contribution in [-0.2, 0) is 4.74 Å². The molecule has 0 aliphatic heterocycles. The lowest BCUT2D eigenvalue weighted by atomic mass is 10.2. The van der Waals surface area contributed by atoms with Gasteiger partial charge in [-0.3, -0.25) is 4.79 Å². The molecule has 0 saturated heterocycles. The van der Waals surface area contributed by atoms with Gasteiger partial charge in [0.05, 0.1) is 0 Å². The molecule has 2 rings (SSSR count). The summed E-state index contributed by atoms with van der Waals surface area (Å²) in [6.45, 7) is 0. The summed E-state index contributed by atoms with van der Waals surface area (Å²) in [4.78, 5) is 10.0. The molecule has 0 aliphatic rings. The molecule has 108 valence electrons. The fraction of sp³-hybridized carbons (Fsp3) is 0.133. The second kappa shape index (κ2) is 10.4. The van der Waals surface area contributed by atoms with Crippen LogP contribution in [0.25, 0.3) is 0 Å². The molecule has 0 atom stereocenters. The standard InChI is InChI=1S/C7H6O.C6H6O3.C2H6O/c8-6-7-4-2-1-3-5-7;7-4-1-5(8)3-6(9)2-4;1-3-2/h1-6H;1-3,7-9H;1-2H3. The Bertz CT molecular complexity index is 446. The van der Waals surface area contributed by atoms with Gasteiger partial charge < -0.3 is 20.1 Å². The summed E-state index contributed by atoms with van der Waals surface area (Å²) in [6.07, 6.45) is 0.833. The average Bonchev–Trinajstić information content (AvgIpc) is 2.39. The number of methoxy groups -OCH3 is 1. The molecule has 5 heteroatoms. The van der Waals surface area contributed by atoms with Crippen LogP contribution in [0.5, 0.6) is 17.2 Å². The van der Waals surface area contributed by atoms with Crippen LogP contribution in [0.1, 0.15) is 10.4 Å². The Morgan fingerprint density at radius 3 is 1.45 bits per heavy atom. The van der Waals surface area contributed by atoms with Crippen molar-refractivity contribution in [1.29, 1.82) is 0 Å². The highest BCUT2D eigenvalue weighted by atomic mass is 16.4. The summed E-state index contributed by atoms with van der Waals surface area (Å²) in [5.41, 5.74) is 0.729. The normalized spacial score (nSPS) is 8.50. The van der Waals surface area contributed by atoms with Gasteiger partial charge in [-0.15, -0.1) is 0 Å². The average molecular weight is 278 g/mol. The summed E-state index contributed by atoms with van der Waals surface area (Å²) in [5, 5.41) is 26.0. The summed E-state index contributed by atoms with van der Waals surface area (Å²) in [7, 11) is 3.25. The first kappa shape index (κ1) is 17.5. The minimum absolute atomic E-state index is 0.146. The van der Waals surface area contributed by atoms with E-state index in [1.165, 1.54) is 0 Å². The van der Waals surface area contributed by atoms with E-state index >= 15 is 0 Å². The molecule has 2 aromatic carbocycles. The van der Waals surface area contributed by atoms with Crippen LogP contribution in [0.4, 0.5) is 0 Å². The first-order valence-corrected chi connectivity index (χ1v) is 5.65. The molecule has 0 bridgehead atoms. The van der Waals surface area contributed by atoms with Gasteiger partial charge in [0.25, 0.3) is 0 Å². The third-order valence-electron chi connectivity index (χ3n) is 1.82. The Morgan fingerprint density at radius 2 is 1.20 bits per heavy atom. The maximum Gasteiger partial charge on any atom is 0.150 e. The molecule has 5 nitrogen and oxygen atoms in total. The van der Waals surface area contributed by atoms with Crippen LogP contribution >= 0.6 is 0 Å². The number of phenols is 3. The molecule has 0 unspecified atom stereocenters. The summed E-state index contributed by atoms with van der Waals surface area (Å²) in [5.74, 6) is -0.437. The third kappa shape index (κ3) is 8.54. The zero-order chi connectivity index (χ0) is 15.4. The largest absolute Gasteiger partial charge is 0.508 e. The molecule has 0 spiro atoms. The van der Waals surface area contributed by atoms with Crippen molar-refractivity contribution < 1.29 is 24.9 Å². The van der Waals surface area contributed by atoms with Gasteiger partial charge in [0.2, 0.25) is 0 Å². The highest BCUT2D eigenvalue weighted by molar-refractivity contribution is 5.74. The molecule has 0 saturated carbocycles. The van der Waals surface area contributed by atoms with E-state index in [1.807, 2.05) is 18.2 Å². The van der Waals surface area contributed by atoms with Gasteiger partial charge in [-0.05, 0) is 0 Å². The zero-order valence-electron chi connectivity index (χ0n) is 11.4. The van der Waals surface area contributed by atoms with Crippen molar-refractivity contribution in [3.8, 4) is 17.2 Å². The third-order valence-corrected chi connectivity index (χ3v) is 1.82. The first-order valence-electron chi connectivity index (χ1n) is 5.65.